The monoisotopic (exact) mass is 347 g/mol. The molecule has 0 unspecified atom stereocenters. The van der Waals surface area contributed by atoms with Crippen LogP contribution in [0, 0.1) is 0 Å². The van der Waals surface area contributed by atoms with E-state index >= 15 is 0 Å². The number of rotatable bonds is 0. The topological polar surface area (TPSA) is 60.7 Å². The van der Waals surface area contributed by atoms with E-state index in [-0.39, 0.29) is 32.7 Å². The van der Waals surface area contributed by atoms with Crippen molar-refractivity contribution in [2.75, 3.05) is 0 Å². The van der Waals surface area contributed by atoms with E-state index in [2.05, 4.69) is 0 Å². The van der Waals surface area contributed by atoms with Gasteiger partial charge in [0, 0.05) is 32.7 Å². The van der Waals surface area contributed by atoms with E-state index in [0.29, 0.717) is 0 Å². The number of hydrogen-bond acceptors (Lipinski definition) is 3. The fourth-order valence-corrected chi connectivity index (χ4v) is 0. The maximum atomic E-state index is 9.91. The summed E-state index contributed by atoms with van der Waals surface area (Å²) in [5.41, 5.74) is 0. The molecule has 0 fully saturated rings. The van der Waals surface area contributed by atoms with Gasteiger partial charge in [-0.15, -0.1) is 39.5 Å². The summed E-state index contributed by atoms with van der Waals surface area (Å²) in [5, 5.41) is 19.6. The molecule has 0 aliphatic carbocycles. The number of aliphatic hydroxyl groups is 3. The second-order valence-electron chi connectivity index (χ2n) is 1.40. The van der Waals surface area contributed by atoms with Crippen molar-refractivity contribution in [2.24, 2.45) is 0 Å². The first-order chi connectivity index (χ1) is 6.00. The van der Waals surface area contributed by atoms with Crippen LogP contribution in [0.3, 0.4) is 0 Å². The minimum absolute atomic E-state index is 0. The zero-order valence-electron chi connectivity index (χ0n) is 6.82. The summed E-state index contributed by atoms with van der Waals surface area (Å²) in [6.07, 6.45) is -15.0. The molecule has 3 N–H and O–H groups in total. The van der Waals surface area contributed by atoms with E-state index in [1.165, 1.54) is 0 Å². The van der Waals surface area contributed by atoms with Crippen LogP contribution in [-0.4, -0.2) is 34.4 Å². The van der Waals surface area contributed by atoms with Crippen molar-refractivity contribution in [1.29, 1.82) is 0 Å². The first-order valence-corrected chi connectivity index (χ1v) is 2.37. The molecule has 99 valence electrons. The number of alkyl halides is 9. The third-order valence-corrected chi connectivity index (χ3v) is 0. The van der Waals surface area contributed by atoms with E-state index < -0.39 is 19.1 Å². The molecule has 13 heteroatoms. The summed E-state index contributed by atoms with van der Waals surface area (Å²) >= 11 is 0. The van der Waals surface area contributed by atoms with Gasteiger partial charge in [0.15, 0.2) is 0 Å². The summed E-state index contributed by atoms with van der Waals surface area (Å²) in [6.45, 7) is 0. The zero-order chi connectivity index (χ0) is 13.5. The Morgan fingerprint density at radius 3 is 0.438 bits per heavy atom. The fourth-order valence-electron chi connectivity index (χ4n) is 0. The van der Waals surface area contributed by atoms with Gasteiger partial charge in [-0.2, -0.15) is 0 Å². The second-order valence-corrected chi connectivity index (χ2v) is 1.40. The third-order valence-electron chi connectivity index (χ3n) is 0. The van der Waals surface area contributed by atoms with Crippen molar-refractivity contribution >= 4 is 0 Å². The fraction of sp³-hybridized carbons (Fsp3) is 1.00. The van der Waals surface area contributed by atoms with Crippen molar-refractivity contribution in [3.8, 4) is 0 Å². The Kier molecular flexibility index (Phi) is 14.8. The summed E-state index contributed by atoms with van der Waals surface area (Å²) in [4.78, 5) is 0. The van der Waals surface area contributed by atoms with Gasteiger partial charge in [0.1, 0.15) is 0 Å². The molecular formula is C3H3F9O3Y. The molecule has 3 nitrogen and oxygen atoms in total. The van der Waals surface area contributed by atoms with Crippen LogP contribution in [-0.2, 0) is 32.7 Å². The van der Waals surface area contributed by atoms with Crippen LogP contribution in [0.25, 0.3) is 0 Å². The molecule has 0 aliphatic heterocycles. The zero-order valence-corrected chi connectivity index (χ0v) is 9.66. The SMILES string of the molecule is OC(F)(F)F.OC(F)(F)F.OC(F)(F)F.[Y]. The Morgan fingerprint density at radius 1 is 0.438 bits per heavy atom. The largest absolute Gasteiger partial charge is 0.519 e. The first kappa shape index (κ1) is 25.3. The second kappa shape index (κ2) is 9.39. The molecule has 0 atom stereocenters. The maximum absolute atomic E-state index is 9.91. The predicted molar refractivity (Wildman–Crippen MR) is 24.8 cm³/mol. The molecule has 0 heterocycles. The van der Waals surface area contributed by atoms with Gasteiger partial charge in [-0.05, 0) is 0 Å². The smallest absolute Gasteiger partial charge is 0.308 e. The van der Waals surface area contributed by atoms with Crippen molar-refractivity contribution < 1.29 is 87.5 Å². The molecule has 0 saturated carbocycles. The summed E-state index contributed by atoms with van der Waals surface area (Å²) in [5.74, 6) is 0. The minimum Gasteiger partial charge on any atom is -0.308 e. The molecule has 0 aromatic rings. The van der Waals surface area contributed by atoms with Gasteiger partial charge in [-0.25, -0.2) is 0 Å². The van der Waals surface area contributed by atoms with Crippen molar-refractivity contribution in [3.05, 3.63) is 0 Å². The van der Waals surface area contributed by atoms with Gasteiger partial charge in [-0.1, -0.05) is 0 Å². The van der Waals surface area contributed by atoms with Crippen LogP contribution in [0.1, 0.15) is 0 Å². The molecular weight excluding hydrogens is 344 g/mol. The van der Waals surface area contributed by atoms with Crippen molar-refractivity contribution in [2.45, 2.75) is 19.1 Å². The van der Waals surface area contributed by atoms with Crippen molar-refractivity contribution in [1.82, 2.24) is 0 Å². The standard InChI is InChI=1S/3CHF3O.Y/c3*2-1(3,4)5;/h3*5H;. The molecule has 0 aromatic carbocycles. The molecule has 0 rings (SSSR count). The first-order valence-electron chi connectivity index (χ1n) is 2.37. The van der Waals surface area contributed by atoms with E-state index in [1.807, 2.05) is 0 Å². The van der Waals surface area contributed by atoms with Crippen molar-refractivity contribution in [3.63, 3.8) is 0 Å². The quantitative estimate of drug-likeness (QED) is 0.582. The maximum Gasteiger partial charge on any atom is 0.519 e. The van der Waals surface area contributed by atoms with Crippen LogP contribution in [0.15, 0.2) is 0 Å². The van der Waals surface area contributed by atoms with Gasteiger partial charge in [0.25, 0.3) is 0 Å². The van der Waals surface area contributed by atoms with Gasteiger partial charge in [0.05, 0.1) is 0 Å². The normalized spacial score (nSPS) is 11.2. The summed E-state index contributed by atoms with van der Waals surface area (Å²) in [7, 11) is 0. The Hall–Kier alpha value is 0.354. The Balaban J connectivity index is -0.0000000655. The van der Waals surface area contributed by atoms with Gasteiger partial charge >= 0.3 is 19.1 Å². The number of hydrogen-bond donors (Lipinski definition) is 3. The molecule has 0 amide bonds. The van der Waals surface area contributed by atoms with E-state index in [4.69, 9.17) is 15.3 Å². The summed E-state index contributed by atoms with van der Waals surface area (Å²) in [6, 6.07) is 0. The average Bonchev–Trinajstić information content (AvgIpc) is 1.41. The Labute approximate surface area is 107 Å². The molecule has 0 spiro atoms. The molecule has 0 saturated heterocycles. The molecule has 0 bridgehead atoms. The van der Waals surface area contributed by atoms with E-state index in [9.17, 15) is 39.5 Å². The van der Waals surface area contributed by atoms with Crippen LogP contribution in [0.5, 0.6) is 0 Å². The van der Waals surface area contributed by atoms with Gasteiger partial charge in [0.2, 0.25) is 0 Å². The van der Waals surface area contributed by atoms with E-state index in [1.54, 1.807) is 0 Å². The summed E-state index contributed by atoms with van der Waals surface area (Å²) < 4.78 is 89.2. The molecule has 16 heavy (non-hydrogen) atoms. The van der Waals surface area contributed by atoms with E-state index in [0.717, 1.165) is 0 Å². The van der Waals surface area contributed by atoms with Crippen LogP contribution >= 0.6 is 0 Å². The number of halogens is 9. The average molecular weight is 347 g/mol. The molecule has 0 aromatic heterocycles. The molecule has 1 radical (unpaired) electrons. The van der Waals surface area contributed by atoms with Gasteiger partial charge in [-0.3, -0.25) is 0 Å². The minimum atomic E-state index is -5.00. The van der Waals surface area contributed by atoms with Gasteiger partial charge < -0.3 is 15.3 Å². The Morgan fingerprint density at radius 2 is 0.438 bits per heavy atom. The molecule has 0 aliphatic rings. The van der Waals surface area contributed by atoms with Crippen LogP contribution < -0.4 is 0 Å². The van der Waals surface area contributed by atoms with Crippen LogP contribution in [0.2, 0.25) is 0 Å². The predicted octanol–water partition coefficient (Wildman–Crippen LogP) is 1.49. The van der Waals surface area contributed by atoms with Crippen LogP contribution in [0.4, 0.5) is 39.5 Å². The Bertz CT molecular complexity index is 101. The third kappa shape index (κ3) is 20400.